The van der Waals surface area contributed by atoms with Gasteiger partial charge in [-0.2, -0.15) is 0 Å². The van der Waals surface area contributed by atoms with Gasteiger partial charge in [0.2, 0.25) is 5.91 Å². The number of nitrogens with two attached hydrogens (primary N) is 4. The Morgan fingerprint density at radius 1 is 1.06 bits per heavy atom. The van der Waals surface area contributed by atoms with Crippen LogP contribution in [0.1, 0.15) is 12.8 Å². The van der Waals surface area contributed by atoms with Gasteiger partial charge in [-0.1, -0.05) is 0 Å². The van der Waals surface area contributed by atoms with Crippen LogP contribution in [-0.4, -0.2) is 136 Å². The van der Waals surface area contributed by atoms with Crippen LogP contribution in [0, 0.1) is 5.92 Å². The van der Waals surface area contributed by atoms with E-state index in [4.69, 9.17) is 37.1 Å². The Labute approximate surface area is 202 Å². The summed E-state index contributed by atoms with van der Waals surface area (Å²) in [6, 6.07) is -2.99. The first kappa shape index (κ1) is 28.5. The Balaban J connectivity index is 1.86. The Kier molecular flexibility index (Phi) is 9.78. The maximum atomic E-state index is 12.2. The summed E-state index contributed by atoms with van der Waals surface area (Å²) < 4.78 is 17.5. The molecule has 0 bridgehead atoms. The van der Waals surface area contributed by atoms with Crippen LogP contribution in [0.5, 0.6) is 0 Å². The van der Waals surface area contributed by atoms with Crippen molar-refractivity contribution in [1.29, 1.82) is 0 Å². The van der Waals surface area contributed by atoms with E-state index in [-0.39, 0.29) is 32.5 Å². The van der Waals surface area contributed by atoms with Crippen LogP contribution in [0.15, 0.2) is 0 Å². The lowest BCUT2D eigenvalue weighted by Crippen LogP contribution is -2.68. The van der Waals surface area contributed by atoms with Crippen molar-refractivity contribution in [3.05, 3.63) is 0 Å². The van der Waals surface area contributed by atoms with Crippen molar-refractivity contribution >= 4 is 5.91 Å². The normalized spacial score (nSPS) is 47.4. The number of aliphatic hydroxyl groups is 6. The van der Waals surface area contributed by atoms with Gasteiger partial charge >= 0.3 is 0 Å². The van der Waals surface area contributed by atoms with E-state index in [2.05, 4.69) is 5.32 Å². The number of hydrogen-bond donors (Lipinski definition) is 11. The highest BCUT2D eigenvalue weighted by Crippen LogP contribution is 2.38. The van der Waals surface area contributed by atoms with Gasteiger partial charge in [0.25, 0.3) is 0 Å². The molecule has 204 valence electrons. The van der Waals surface area contributed by atoms with E-state index in [1.165, 1.54) is 0 Å². The lowest BCUT2D eigenvalue weighted by molar-refractivity contribution is -0.289. The van der Waals surface area contributed by atoms with Crippen molar-refractivity contribution in [1.82, 2.24) is 5.32 Å². The number of hydrogen-bond acceptors (Lipinski definition) is 14. The molecule has 0 aromatic rings. The van der Waals surface area contributed by atoms with Gasteiger partial charge in [0.1, 0.15) is 24.4 Å². The Bertz CT molecular complexity index is 707. The molecule has 1 amide bonds. The quantitative estimate of drug-likeness (QED) is 0.145. The molecule has 3 rings (SSSR count). The van der Waals surface area contributed by atoms with Gasteiger partial charge in [0.15, 0.2) is 6.29 Å². The second kappa shape index (κ2) is 12.0. The van der Waals surface area contributed by atoms with Crippen LogP contribution in [0.3, 0.4) is 0 Å². The van der Waals surface area contributed by atoms with E-state index in [0.29, 0.717) is 0 Å². The van der Waals surface area contributed by atoms with Crippen LogP contribution in [0.25, 0.3) is 0 Å². The third-order valence-corrected chi connectivity index (χ3v) is 7.08. The van der Waals surface area contributed by atoms with E-state index < -0.39 is 91.2 Å². The number of amides is 1. The standard InChI is InChI=1S/C20H39N5O10/c21-3-10(28)19(32)25-8-2-7(23)17(12(14(8)29)18-9(27)1-6(5-26)33-18)35-20-13(24)16(31)15(30)11(4-22)34-20/h6-18,20,26-31H,1-5,21-24H2,(H,25,32)/t6-,7-,8+,9+,10?,11+,12+,13+,14-,15+,16+,17+,18?,20+/m0/s1. The predicted octanol–water partition coefficient (Wildman–Crippen LogP) is -6.87. The topological polar surface area (TPSA) is 282 Å². The average molecular weight is 510 g/mol. The first-order valence-corrected chi connectivity index (χ1v) is 11.7. The third-order valence-electron chi connectivity index (χ3n) is 7.08. The fourth-order valence-electron chi connectivity index (χ4n) is 5.08. The summed E-state index contributed by atoms with van der Waals surface area (Å²) in [7, 11) is 0. The van der Waals surface area contributed by atoms with Gasteiger partial charge in [-0.15, -0.1) is 0 Å². The molecule has 1 aliphatic carbocycles. The molecule has 0 aromatic carbocycles. The Morgan fingerprint density at radius 3 is 2.31 bits per heavy atom. The van der Waals surface area contributed by atoms with Crippen molar-refractivity contribution in [2.75, 3.05) is 19.7 Å². The molecule has 2 unspecified atom stereocenters. The highest BCUT2D eigenvalue weighted by molar-refractivity contribution is 5.81. The molecule has 15 heteroatoms. The minimum Gasteiger partial charge on any atom is -0.394 e. The number of carbonyl (C=O) groups excluding carboxylic acids is 1. The monoisotopic (exact) mass is 509 g/mol. The average Bonchev–Trinajstić information content (AvgIpc) is 3.21. The summed E-state index contributed by atoms with van der Waals surface area (Å²) >= 11 is 0. The summed E-state index contributed by atoms with van der Waals surface area (Å²) in [5.74, 6) is -1.84. The SMILES string of the molecule is NCC(O)C(=O)N[C@@H]1C[C@H](N)[C@@H](O[C@H]2O[C@H](CN)[C@@H](O)[C@H](O)[C@H]2N)[C@H](C2O[C@H](CO)C[C@H]2O)[C@H]1O. The smallest absolute Gasteiger partial charge is 0.250 e. The van der Waals surface area contributed by atoms with Crippen molar-refractivity contribution in [2.24, 2.45) is 28.9 Å². The maximum Gasteiger partial charge on any atom is 0.250 e. The molecule has 1 saturated carbocycles. The number of aliphatic hydroxyl groups excluding tert-OH is 6. The number of ether oxygens (including phenoxy) is 3. The summed E-state index contributed by atoms with van der Waals surface area (Å²) in [6.07, 6.45) is -11.7. The van der Waals surface area contributed by atoms with Crippen LogP contribution in [0.2, 0.25) is 0 Å². The van der Waals surface area contributed by atoms with Crippen LogP contribution >= 0.6 is 0 Å². The van der Waals surface area contributed by atoms with Crippen molar-refractivity contribution in [3.8, 4) is 0 Å². The Hall–Kier alpha value is -1.05. The molecule has 2 heterocycles. The zero-order chi connectivity index (χ0) is 26.0. The molecule has 3 fully saturated rings. The van der Waals surface area contributed by atoms with E-state index in [1.54, 1.807) is 0 Å². The van der Waals surface area contributed by atoms with Gasteiger partial charge in [-0.05, 0) is 6.42 Å². The number of carbonyl (C=O) groups is 1. The van der Waals surface area contributed by atoms with Gasteiger partial charge < -0.3 is 73.1 Å². The van der Waals surface area contributed by atoms with E-state index in [0.717, 1.165) is 0 Å². The molecule has 15 N–H and O–H groups in total. The highest BCUT2D eigenvalue weighted by Gasteiger charge is 2.54. The first-order chi connectivity index (χ1) is 16.5. The Morgan fingerprint density at radius 2 is 1.74 bits per heavy atom. The zero-order valence-electron chi connectivity index (χ0n) is 19.2. The molecule has 15 nitrogen and oxygen atoms in total. The second-order valence-corrected chi connectivity index (χ2v) is 9.48. The largest absolute Gasteiger partial charge is 0.394 e. The molecule has 2 aliphatic heterocycles. The van der Waals surface area contributed by atoms with Crippen molar-refractivity contribution in [2.45, 2.75) is 92.2 Å². The second-order valence-electron chi connectivity index (χ2n) is 9.48. The predicted molar refractivity (Wildman–Crippen MR) is 118 cm³/mol. The number of nitrogens with one attached hydrogen (secondary N) is 1. The minimum absolute atomic E-state index is 0.00502. The molecule has 0 spiro atoms. The fraction of sp³-hybridized carbons (Fsp3) is 0.950. The van der Waals surface area contributed by atoms with Crippen molar-refractivity contribution < 1.29 is 49.6 Å². The van der Waals surface area contributed by atoms with Gasteiger partial charge in [-0.3, -0.25) is 4.79 Å². The van der Waals surface area contributed by atoms with E-state index in [1.807, 2.05) is 0 Å². The van der Waals surface area contributed by atoms with Gasteiger partial charge in [0.05, 0.1) is 49.2 Å². The summed E-state index contributed by atoms with van der Waals surface area (Å²) in [6.45, 7) is -0.824. The molecule has 2 saturated heterocycles. The fourth-order valence-corrected chi connectivity index (χ4v) is 5.08. The molecular formula is C20H39N5O10. The minimum atomic E-state index is -1.49. The molecule has 3 aliphatic rings. The maximum absolute atomic E-state index is 12.2. The summed E-state index contributed by atoms with van der Waals surface area (Å²) in [4.78, 5) is 12.2. The first-order valence-electron chi connectivity index (χ1n) is 11.7. The summed E-state index contributed by atoms with van der Waals surface area (Å²) in [5.41, 5.74) is 23.4. The van der Waals surface area contributed by atoms with Gasteiger partial charge in [0, 0.05) is 31.5 Å². The van der Waals surface area contributed by atoms with Crippen molar-refractivity contribution in [3.63, 3.8) is 0 Å². The highest BCUT2D eigenvalue weighted by atomic mass is 16.7. The van der Waals surface area contributed by atoms with Crippen LogP contribution in [-0.2, 0) is 19.0 Å². The van der Waals surface area contributed by atoms with E-state index >= 15 is 0 Å². The van der Waals surface area contributed by atoms with Crippen LogP contribution in [0.4, 0.5) is 0 Å². The van der Waals surface area contributed by atoms with E-state index in [9.17, 15) is 35.4 Å². The molecular weight excluding hydrogens is 470 g/mol. The third kappa shape index (κ3) is 5.93. The van der Waals surface area contributed by atoms with Crippen LogP contribution < -0.4 is 28.3 Å². The summed E-state index contributed by atoms with van der Waals surface area (Å²) in [5, 5.41) is 64.1. The lowest BCUT2D eigenvalue weighted by atomic mass is 9.73. The molecule has 0 radical (unpaired) electrons. The van der Waals surface area contributed by atoms with Gasteiger partial charge in [-0.25, -0.2) is 0 Å². The number of rotatable bonds is 8. The zero-order valence-corrected chi connectivity index (χ0v) is 19.2. The molecule has 14 atom stereocenters. The lowest BCUT2D eigenvalue weighted by Gasteiger charge is -2.49. The molecule has 35 heavy (non-hydrogen) atoms. The molecule has 0 aromatic heterocycles.